The molecule has 0 aliphatic heterocycles. The number of amides is 2. The molecule has 0 radical (unpaired) electrons. The van der Waals surface area contributed by atoms with Crippen molar-refractivity contribution in [3.05, 3.63) is 42.2 Å². The first-order chi connectivity index (χ1) is 9.97. The van der Waals surface area contributed by atoms with Gasteiger partial charge in [-0.15, -0.1) is 0 Å². The van der Waals surface area contributed by atoms with Crippen LogP contribution >= 0.6 is 0 Å². The molecule has 0 bridgehead atoms. The highest BCUT2D eigenvalue weighted by molar-refractivity contribution is 5.95. The summed E-state index contributed by atoms with van der Waals surface area (Å²) in [5.74, 6) is 0.0881. The number of nitrogens with one attached hydrogen (secondary N) is 1. The maximum absolute atomic E-state index is 12.0. The molecule has 0 unspecified atom stereocenters. The second kappa shape index (κ2) is 6.13. The Kier molecular flexibility index (Phi) is 4.27. The van der Waals surface area contributed by atoms with Gasteiger partial charge in [-0.1, -0.05) is 12.1 Å². The third-order valence-corrected chi connectivity index (χ3v) is 2.75. The van der Waals surface area contributed by atoms with Crippen molar-refractivity contribution < 1.29 is 9.59 Å². The van der Waals surface area contributed by atoms with Gasteiger partial charge in [-0.25, -0.2) is 4.98 Å². The first-order valence-corrected chi connectivity index (χ1v) is 6.39. The summed E-state index contributed by atoms with van der Waals surface area (Å²) in [7, 11) is 3.40. The Hall–Kier alpha value is -2.76. The van der Waals surface area contributed by atoms with Crippen molar-refractivity contribution in [1.29, 1.82) is 0 Å². The first kappa shape index (κ1) is 14.6. The van der Waals surface area contributed by atoms with Gasteiger partial charge in [0.1, 0.15) is 0 Å². The van der Waals surface area contributed by atoms with E-state index in [1.807, 2.05) is 6.07 Å². The summed E-state index contributed by atoms with van der Waals surface area (Å²) >= 11 is 0. The Morgan fingerprint density at radius 3 is 2.62 bits per heavy atom. The molecule has 2 rings (SSSR count). The number of aromatic nitrogens is 2. The predicted molar refractivity (Wildman–Crippen MR) is 79.8 cm³/mol. The molecule has 1 N–H and O–H groups in total. The van der Waals surface area contributed by atoms with Crippen molar-refractivity contribution >= 4 is 17.6 Å². The summed E-state index contributed by atoms with van der Waals surface area (Å²) in [6.45, 7) is 1.41. The second-order valence-corrected chi connectivity index (χ2v) is 4.75. The Morgan fingerprint density at radius 2 is 1.95 bits per heavy atom. The number of rotatable bonds is 3. The van der Waals surface area contributed by atoms with Crippen LogP contribution in [0.1, 0.15) is 17.3 Å². The molecule has 0 atom stereocenters. The SMILES string of the molecule is CC(=O)Nc1cncc(-c2cccc(C(=O)N(C)C)c2)n1. The normalized spacial score (nSPS) is 10.0. The first-order valence-electron chi connectivity index (χ1n) is 6.39. The Balaban J connectivity index is 2.36. The summed E-state index contributed by atoms with van der Waals surface area (Å²) in [5.41, 5.74) is 1.93. The van der Waals surface area contributed by atoms with E-state index >= 15 is 0 Å². The van der Waals surface area contributed by atoms with Crippen LogP contribution in [0.2, 0.25) is 0 Å². The topological polar surface area (TPSA) is 75.2 Å². The molecule has 108 valence electrons. The number of benzene rings is 1. The quantitative estimate of drug-likeness (QED) is 0.932. The lowest BCUT2D eigenvalue weighted by atomic mass is 10.1. The van der Waals surface area contributed by atoms with Crippen molar-refractivity contribution in [1.82, 2.24) is 14.9 Å². The van der Waals surface area contributed by atoms with E-state index in [9.17, 15) is 9.59 Å². The fraction of sp³-hybridized carbons (Fsp3) is 0.200. The highest BCUT2D eigenvalue weighted by Gasteiger charge is 2.10. The summed E-state index contributed by atoms with van der Waals surface area (Å²) in [5, 5.41) is 2.58. The molecule has 1 heterocycles. The molecule has 6 nitrogen and oxygen atoms in total. The summed E-state index contributed by atoms with van der Waals surface area (Å²) < 4.78 is 0. The van der Waals surface area contributed by atoms with E-state index in [0.29, 0.717) is 17.1 Å². The van der Waals surface area contributed by atoms with Gasteiger partial charge in [-0.2, -0.15) is 0 Å². The number of carbonyl (C=O) groups excluding carboxylic acids is 2. The standard InChI is InChI=1S/C15H16N4O2/c1-10(20)17-14-9-16-8-13(18-14)11-5-4-6-12(7-11)15(21)19(2)3/h4-9H,1-3H3,(H,17,18,20). The maximum atomic E-state index is 12.0. The van der Waals surface area contributed by atoms with E-state index in [2.05, 4.69) is 15.3 Å². The fourth-order valence-corrected chi connectivity index (χ4v) is 1.82. The largest absolute Gasteiger partial charge is 0.345 e. The lowest BCUT2D eigenvalue weighted by molar-refractivity contribution is -0.114. The van der Waals surface area contributed by atoms with Crippen LogP contribution in [0.4, 0.5) is 5.82 Å². The molecule has 0 fully saturated rings. The molecule has 0 saturated heterocycles. The summed E-state index contributed by atoms with van der Waals surface area (Å²) in [6, 6.07) is 7.13. The van der Waals surface area contributed by atoms with Gasteiger partial charge in [-0.05, 0) is 12.1 Å². The summed E-state index contributed by atoms with van der Waals surface area (Å²) in [6.07, 6.45) is 3.06. The number of anilines is 1. The second-order valence-electron chi connectivity index (χ2n) is 4.75. The van der Waals surface area contributed by atoms with Gasteiger partial charge in [0.05, 0.1) is 18.1 Å². The van der Waals surface area contributed by atoms with E-state index in [1.54, 1.807) is 38.5 Å². The molecule has 0 saturated carbocycles. The van der Waals surface area contributed by atoms with Crippen molar-refractivity contribution in [2.75, 3.05) is 19.4 Å². The van der Waals surface area contributed by atoms with E-state index in [1.165, 1.54) is 18.0 Å². The summed E-state index contributed by atoms with van der Waals surface area (Å²) in [4.78, 5) is 32.9. The third-order valence-electron chi connectivity index (χ3n) is 2.75. The molecule has 6 heteroatoms. The fourth-order valence-electron chi connectivity index (χ4n) is 1.82. The lowest BCUT2D eigenvalue weighted by Gasteiger charge is -2.11. The van der Waals surface area contributed by atoms with Crippen LogP contribution in [0.5, 0.6) is 0 Å². The van der Waals surface area contributed by atoms with Gasteiger partial charge in [-0.3, -0.25) is 14.6 Å². The smallest absolute Gasteiger partial charge is 0.253 e. The number of hydrogen-bond donors (Lipinski definition) is 1. The zero-order valence-corrected chi connectivity index (χ0v) is 12.1. The van der Waals surface area contributed by atoms with Gasteiger partial charge >= 0.3 is 0 Å². The van der Waals surface area contributed by atoms with E-state index in [4.69, 9.17) is 0 Å². The van der Waals surface area contributed by atoms with Crippen LogP contribution in [0.25, 0.3) is 11.3 Å². The Morgan fingerprint density at radius 1 is 1.19 bits per heavy atom. The van der Waals surface area contributed by atoms with Crippen molar-refractivity contribution in [2.24, 2.45) is 0 Å². The Labute approximate surface area is 122 Å². The maximum Gasteiger partial charge on any atom is 0.253 e. The number of carbonyl (C=O) groups is 2. The highest BCUT2D eigenvalue weighted by Crippen LogP contribution is 2.19. The van der Waals surface area contributed by atoms with Gasteiger partial charge in [0.15, 0.2) is 5.82 Å². The Bertz CT molecular complexity index is 683. The third kappa shape index (κ3) is 3.62. The van der Waals surface area contributed by atoms with Gasteiger partial charge in [0.25, 0.3) is 5.91 Å². The van der Waals surface area contributed by atoms with Crippen LogP contribution in [-0.2, 0) is 4.79 Å². The van der Waals surface area contributed by atoms with Crippen LogP contribution in [0, 0.1) is 0 Å². The molecule has 0 aliphatic carbocycles. The van der Waals surface area contributed by atoms with E-state index in [0.717, 1.165) is 5.56 Å². The number of hydrogen-bond acceptors (Lipinski definition) is 4. The minimum absolute atomic E-state index is 0.0807. The van der Waals surface area contributed by atoms with Crippen molar-refractivity contribution in [3.63, 3.8) is 0 Å². The molecule has 1 aromatic carbocycles. The molecule has 21 heavy (non-hydrogen) atoms. The molecule has 0 spiro atoms. The van der Waals surface area contributed by atoms with Crippen LogP contribution in [-0.4, -0.2) is 40.8 Å². The molecule has 2 aromatic rings. The van der Waals surface area contributed by atoms with Crippen LogP contribution in [0.3, 0.4) is 0 Å². The average Bonchev–Trinajstić information content (AvgIpc) is 2.46. The van der Waals surface area contributed by atoms with E-state index < -0.39 is 0 Å². The van der Waals surface area contributed by atoms with Crippen LogP contribution < -0.4 is 5.32 Å². The van der Waals surface area contributed by atoms with E-state index in [-0.39, 0.29) is 11.8 Å². The molecule has 0 aliphatic rings. The van der Waals surface area contributed by atoms with Crippen molar-refractivity contribution in [3.8, 4) is 11.3 Å². The highest BCUT2D eigenvalue weighted by atomic mass is 16.2. The molecular weight excluding hydrogens is 268 g/mol. The number of nitrogens with zero attached hydrogens (tertiary/aromatic N) is 3. The molecule has 2 amide bonds. The minimum Gasteiger partial charge on any atom is -0.345 e. The molecule has 1 aromatic heterocycles. The predicted octanol–water partition coefficient (Wildman–Crippen LogP) is 1.80. The minimum atomic E-state index is -0.210. The van der Waals surface area contributed by atoms with Gasteiger partial charge < -0.3 is 10.2 Å². The van der Waals surface area contributed by atoms with Gasteiger partial charge in [0, 0.05) is 32.1 Å². The zero-order chi connectivity index (χ0) is 15.4. The lowest BCUT2D eigenvalue weighted by Crippen LogP contribution is -2.21. The van der Waals surface area contributed by atoms with Crippen LogP contribution in [0.15, 0.2) is 36.7 Å². The average molecular weight is 284 g/mol. The monoisotopic (exact) mass is 284 g/mol. The molecular formula is C15H16N4O2. The zero-order valence-electron chi connectivity index (χ0n) is 12.1. The van der Waals surface area contributed by atoms with Crippen molar-refractivity contribution in [2.45, 2.75) is 6.92 Å². The van der Waals surface area contributed by atoms with Gasteiger partial charge in [0.2, 0.25) is 5.91 Å².